The summed E-state index contributed by atoms with van der Waals surface area (Å²) >= 11 is 0. The topological polar surface area (TPSA) is 0 Å². The highest BCUT2D eigenvalue weighted by atomic mass is 14.4. The van der Waals surface area contributed by atoms with Gasteiger partial charge in [0.1, 0.15) is 0 Å². The molecule has 0 N–H and O–H groups in total. The van der Waals surface area contributed by atoms with Gasteiger partial charge in [-0.05, 0) is 47.1 Å². The normalized spacial score (nSPS) is 26.9. The number of rotatable bonds is 6. The molecule has 1 aliphatic rings. The van der Waals surface area contributed by atoms with Crippen LogP contribution < -0.4 is 0 Å². The minimum atomic E-state index is 0.230. The Labute approximate surface area is 137 Å². The SMILES string of the molecule is CCC(C)c1ccccc1CC1(C)C=CC=CC1C(C)CC. The van der Waals surface area contributed by atoms with Crippen molar-refractivity contribution in [2.24, 2.45) is 17.3 Å². The fourth-order valence-electron chi connectivity index (χ4n) is 3.87. The van der Waals surface area contributed by atoms with E-state index < -0.39 is 0 Å². The largest absolute Gasteiger partial charge is 0.0803 e. The molecule has 0 bridgehead atoms. The summed E-state index contributed by atoms with van der Waals surface area (Å²) in [5, 5.41) is 0. The predicted molar refractivity (Wildman–Crippen MR) is 98.2 cm³/mol. The van der Waals surface area contributed by atoms with Gasteiger partial charge in [0.2, 0.25) is 0 Å². The fraction of sp³-hybridized carbons (Fsp3) is 0.545. The van der Waals surface area contributed by atoms with Crippen LogP contribution in [0.1, 0.15) is 64.5 Å². The standard InChI is InChI=1S/C22H32/c1-6-17(3)20-13-9-8-12-19(20)16-22(5)15-11-10-14-21(22)18(4)7-2/h8-15,17-18,21H,6-7,16H2,1-5H3. The monoisotopic (exact) mass is 296 g/mol. The molecule has 0 radical (unpaired) electrons. The van der Waals surface area contributed by atoms with E-state index in [0.29, 0.717) is 11.8 Å². The Morgan fingerprint density at radius 1 is 1.05 bits per heavy atom. The molecular weight excluding hydrogens is 264 g/mol. The van der Waals surface area contributed by atoms with E-state index in [2.05, 4.69) is 83.2 Å². The summed E-state index contributed by atoms with van der Waals surface area (Å²) in [5.41, 5.74) is 3.30. The Bertz CT molecular complexity index is 537. The lowest BCUT2D eigenvalue weighted by Crippen LogP contribution is -2.32. The molecule has 1 aromatic carbocycles. The molecule has 0 spiro atoms. The third kappa shape index (κ3) is 3.54. The Kier molecular flexibility index (Phi) is 5.67. The van der Waals surface area contributed by atoms with Crippen LogP contribution in [0.25, 0.3) is 0 Å². The van der Waals surface area contributed by atoms with Crippen LogP contribution in [0.15, 0.2) is 48.6 Å². The average Bonchev–Trinajstić information content (AvgIpc) is 2.54. The van der Waals surface area contributed by atoms with E-state index in [0.717, 1.165) is 12.3 Å². The van der Waals surface area contributed by atoms with Crippen LogP contribution >= 0.6 is 0 Å². The highest BCUT2D eigenvalue weighted by molar-refractivity contribution is 5.33. The molecule has 0 saturated heterocycles. The second kappa shape index (κ2) is 7.31. The maximum atomic E-state index is 2.44. The minimum Gasteiger partial charge on any atom is -0.0803 e. The van der Waals surface area contributed by atoms with Crippen molar-refractivity contribution < 1.29 is 0 Å². The molecule has 22 heavy (non-hydrogen) atoms. The number of hydrogen-bond donors (Lipinski definition) is 0. The van der Waals surface area contributed by atoms with E-state index in [1.807, 2.05) is 0 Å². The van der Waals surface area contributed by atoms with Crippen LogP contribution in [0.4, 0.5) is 0 Å². The molecule has 0 heterocycles. The Morgan fingerprint density at radius 3 is 2.45 bits per heavy atom. The molecule has 0 fully saturated rings. The van der Waals surface area contributed by atoms with Gasteiger partial charge in [-0.3, -0.25) is 0 Å². The summed E-state index contributed by atoms with van der Waals surface area (Å²) in [6.45, 7) is 11.8. The summed E-state index contributed by atoms with van der Waals surface area (Å²) in [4.78, 5) is 0. The molecular formula is C22H32. The second-order valence-electron chi connectivity index (χ2n) is 7.35. The predicted octanol–water partition coefficient (Wildman–Crippen LogP) is 6.54. The average molecular weight is 296 g/mol. The summed E-state index contributed by atoms with van der Waals surface area (Å²) in [6.07, 6.45) is 12.9. The van der Waals surface area contributed by atoms with Crippen LogP contribution in [0, 0.1) is 17.3 Å². The smallest absolute Gasteiger partial charge is 0.00376 e. The Balaban J connectivity index is 2.32. The molecule has 120 valence electrons. The van der Waals surface area contributed by atoms with Crippen molar-refractivity contribution in [2.75, 3.05) is 0 Å². The van der Waals surface area contributed by atoms with Gasteiger partial charge in [-0.1, -0.05) is 89.6 Å². The van der Waals surface area contributed by atoms with Crippen LogP contribution in [-0.2, 0) is 6.42 Å². The first-order chi connectivity index (χ1) is 10.5. The van der Waals surface area contributed by atoms with E-state index >= 15 is 0 Å². The molecule has 1 aromatic rings. The molecule has 2 rings (SSSR count). The van der Waals surface area contributed by atoms with Crippen molar-refractivity contribution >= 4 is 0 Å². The summed E-state index contributed by atoms with van der Waals surface area (Å²) in [5.74, 6) is 2.00. The first-order valence-electron chi connectivity index (χ1n) is 8.95. The lowest BCUT2D eigenvalue weighted by molar-refractivity contribution is 0.220. The van der Waals surface area contributed by atoms with E-state index in [1.54, 1.807) is 0 Å². The lowest BCUT2D eigenvalue weighted by atomic mass is 9.65. The van der Waals surface area contributed by atoms with Gasteiger partial charge in [-0.2, -0.15) is 0 Å². The van der Waals surface area contributed by atoms with Crippen molar-refractivity contribution in [1.29, 1.82) is 0 Å². The van der Waals surface area contributed by atoms with Crippen molar-refractivity contribution in [3.05, 3.63) is 59.7 Å². The van der Waals surface area contributed by atoms with E-state index in [9.17, 15) is 0 Å². The first kappa shape index (κ1) is 17.1. The highest BCUT2D eigenvalue weighted by Crippen LogP contribution is 2.42. The van der Waals surface area contributed by atoms with Gasteiger partial charge in [0, 0.05) is 0 Å². The van der Waals surface area contributed by atoms with Gasteiger partial charge in [0.15, 0.2) is 0 Å². The molecule has 4 unspecified atom stereocenters. The summed E-state index contributed by atoms with van der Waals surface area (Å²) in [7, 11) is 0. The van der Waals surface area contributed by atoms with Gasteiger partial charge in [-0.15, -0.1) is 0 Å². The fourth-order valence-corrected chi connectivity index (χ4v) is 3.87. The molecule has 0 aliphatic heterocycles. The third-order valence-electron chi connectivity index (χ3n) is 5.69. The van der Waals surface area contributed by atoms with E-state index in [4.69, 9.17) is 0 Å². The van der Waals surface area contributed by atoms with Crippen molar-refractivity contribution in [1.82, 2.24) is 0 Å². The summed E-state index contributed by atoms with van der Waals surface area (Å²) in [6, 6.07) is 9.06. The number of allylic oxidation sites excluding steroid dienone is 4. The quantitative estimate of drug-likeness (QED) is 0.559. The summed E-state index contributed by atoms with van der Waals surface area (Å²) < 4.78 is 0. The molecule has 0 aromatic heterocycles. The van der Waals surface area contributed by atoms with Crippen molar-refractivity contribution in [3.8, 4) is 0 Å². The maximum Gasteiger partial charge on any atom is -0.00376 e. The van der Waals surface area contributed by atoms with Gasteiger partial charge in [-0.25, -0.2) is 0 Å². The van der Waals surface area contributed by atoms with Gasteiger partial charge < -0.3 is 0 Å². The zero-order valence-corrected chi connectivity index (χ0v) is 15.0. The molecule has 4 atom stereocenters. The second-order valence-corrected chi connectivity index (χ2v) is 7.35. The molecule has 0 saturated carbocycles. The molecule has 0 amide bonds. The van der Waals surface area contributed by atoms with Crippen LogP contribution in [0.3, 0.4) is 0 Å². The van der Waals surface area contributed by atoms with Gasteiger partial charge in [0.05, 0.1) is 0 Å². The lowest BCUT2D eigenvalue weighted by Gasteiger charge is -2.39. The number of benzene rings is 1. The molecule has 0 heteroatoms. The first-order valence-corrected chi connectivity index (χ1v) is 8.95. The van der Waals surface area contributed by atoms with Crippen LogP contribution in [0.2, 0.25) is 0 Å². The zero-order valence-electron chi connectivity index (χ0n) is 15.0. The van der Waals surface area contributed by atoms with Crippen LogP contribution in [-0.4, -0.2) is 0 Å². The van der Waals surface area contributed by atoms with Gasteiger partial charge in [0.25, 0.3) is 0 Å². The number of hydrogen-bond acceptors (Lipinski definition) is 0. The highest BCUT2D eigenvalue weighted by Gasteiger charge is 2.35. The third-order valence-corrected chi connectivity index (χ3v) is 5.69. The van der Waals surface area contributed by atoms with Crippen molar-refractivity contribution in [2.45, 2.75) is 59.8 Å². The maximum absolute atomic E-state index is 2.44. The van der Waals surface area contributed by atoms with Crippen LogP contribution in [0.5, 0.6) is 0 Å². The van der Waals surface area contributed by atoms with E-state index in [1.165, 1.54) is 24.0 Å². The molecule has 1 aliphatic carbocycles. The zero-order chi connectivity index (χ0) is 16.2. The Hall–Kier alpha value is -1.30. The Morgan fingerprint density at radius 2 is 1.77 bits per heavy atom. The minimum absolute atomic E-state index is 0.230. The molecule has 0 nitrogen and oxygen atoms in total. The van der Waals surface area contributed by atoms with Gasteiger partial charge >= 0.3 is 0 Å². The van der Waals surface area contributed by atoms with Crippen molar-refractivity contribution in [3.63, 3.8) is 0 Å². The van der Waals surface area contributed by atoms with E-state index in [-0.39, 0.29) is 5.41 Å².